The highest BCUT2D eigenvalue weighted by Crippen LogP contribution is 2.33. The first kappa shape index (κ1) is 23.8. The summed E-state index contributed by atoms with van der Waals surface area (Å²) in [6.07, 6.45) is 1.90. The molecule has 0 aromatic heterocycles. The van der Waals surface area contributed by atoms with Crippen LogP contribution in [0.2, 0.25) is 0 Å². The summed E-state index contributed by atoms with van der Waals surface area (Å²) in [5.41, 5.74) is 0. The Labute approximate surface area is 179 Å². The molecule has 0 saturated heterocycles. The Morgan fingerprint density at radius 2 is 2.07 bits per heavy atom. The van der Waals surface area contributed by atoms with Gasteiger partial charge in [0.05, 0.1) is 5.92 Å². The second-order valence-corrected chi connectivity index (χ2v) is 8.95. The summed E-state index contributed by atoms with van der Waals surface area (Å²) in [6.45, 7) is 1.36. The van der Waals surface area contributed by atoms with E-state index in [2.05, 4.69) is 17.2 Å². The Balaban J connectivity index is 1.91. The number of nitrogens with one attached hydrogen (secondary N) is 1. The number of carbonyl (C=O) groups is 1. The average molecular weight is 444 g/mol. The minimum absolute atomic E-state index is 0.0305. The number of carboxylic acids is 1. The second kappa shape index (κ2) is 11.7. The minimum atomic E-state index is -3.61. The van der Waals surface area contributed by atoms with Crippen molar-refractivity contribution in [2.45, 2.75) is 43.2 Å². The largest absolute Gasteiger partial charge is 0.481 e. The van der Waals surface area contributed by atoms with E-state index in [4.69, 9.17) is 4.74 Å². The summed E-state index contributed by atoms with van der Waals surface area (Å²) < 4.78 is 34.2. The van der Waals surface area contributed by atoms with Crippen molar-refractivity contribution in [2.75, 3.05) is 24.3 Å². The smallest absolute Gasteiger partial charge is 0.425 e. The zero-order chi connectivity index (χ0) is 21.3. The number of aliphatic carboxylic acids is 1. The van der Waals surface area contributed by atoms with E-state index >= 15 is 0 Å². The van der Waals surface area contributed by atoms with E-state index < -0.39 is 24.0 Å². The molecule has 1 aliphatic rings. The molecule has 4 nitrogen and oxygen atoms in total. The Bertz CT molecular complexity index is 715. The van der Waals surface area contributed by atoms with Gasteiger partial charge < -0.3 is 9.84 Å². The summed E-state index contributed by atoms with van der Waals surface area (Å²) in [5, 5.41) is 12.0. The van der Waals surface area contributed by atoms with Crippen molar-refractivity contribution in [3.63, 3.8) is 0 Å². The molecule has 0 aliphatic heterocycles. The Hall–Kier alpha value is -1.43. The van der Waals surface area contributed by atoms with Gasteiger partial charge in [-0.2, -0.15) is 20.5 Å². The summed E-state index contributed by atoms with van der Waals surface area (Å²) in [5.74, 6) is 5.21. The zero-order valence-corrected chi connectivity index (χ0v) is 18.3. The molecule has 160 valence electrons. The number of hydrogen-bond acceptors (Lipinski definition) is 5. The lowest BCUT2D eigenvalue weighted by molar-refractivity contribution is -0.187. The normalized spacial score (nSPS) is 15.9. The maximum Gasteiger partial charge on any atom is 0.425 e. The van der Waals surface area contributed by atoms with Gasteiger partial charge in [-0.15, -0.1) is 17.7 Å². The van der Waals surface area contributed by atoms with E-state index in [1.54, 1.807) is 23.9 Å². The van der Waals surface area contributed by atoms with Crippen molar-refractivity contribution < 1.29 is 23.4 Å². The maximum atomic E-state index is 14.7. The molecular formula is C21H27F2NO3S2. The molecular weight excluding hydrogens is 416 g/mol. The van der Waals surface area contributed by atoms with Crippen LogP contribution in [-0.2, 0) is 4.79 Å². The molecule has 2 rings (SSSR count). The highest BCUT2D eigenvalue weighted by Gasteiger charge is 2.42. The molecule has 1 aliphatic carbocycles. The lowest BCUT2D eigenvalue weighted by atomic mass is 10.1. The Morgan fingerprint density at radius 3 is 2.62 bits per heavy atom. The van der Waals surface area contributed by atoms with Crippen LogP contribution in [0.5, 0.6) is 5.75 Å². The van der Waals surface area contributed by atoms with Crippen LogP contribution in [0.1, 0.15) is 26.2 Å². The van der Waals surface area contributed by atoms with Crippen molar-refractivity contribution in [1.82, 2.24) is 5.32 Å². The maximum absolute atomic E-state index is 14.7. The van der Waals surface area contributed by atoms with Crippen LogP contribution in [0.4, 0.5) is 8.78 Å². The van der Waals surface area contributed by atoms with Gasteiger partial charge in [-0.1, -0.05) is 18.8 Å². The van der Waals surface area contributed by atoms with Crippen molar-refractivity contribution in [3.05, 3.63) is 24.3 Å². The Kier molecular flexibility index (Phi) is 9.60. The van der Waals surface area contributed by atoms with E-state index in [1.807, 2.05) is 6.26 Å². The molecule has 29 heavy (non-hydrogen) atoms. The van der Waals surface area contributed by atoms with Gasteiger partial charge in [0, 0.05) is 17.2 Å². The molecule has 1 aromatic carbocycles. The third kappa shape index (κ3) is 8.45. The number of ether oxygens (including phenoxy) is 1. The summed E-state index contributed by atoms with van der Waals surface area (Å²) in [7, 11) is 0. The van der Waals surface area contributed by atoms with Crippen LogP contribution in [0.25, 0.3) is 0 Å². The number of benzene rings is 1. The van der Waals surface area contributed by atoms with Gasteiger partial charge in [-0.25, -0.2) is 0 Å². The lowest BCUT2D eigenvalue weighted by Gasteiger charge is -2.25. The number of rotatable bonds is 13. The second-order valence-electron chi connectivity index (χ2n) is 6.92. The van der Waals surface area contributed by atoms with Crippen LogP contribution < -0.4 is 10.1 Å². The van der Waals surface area contributed by atoms with Crippen LogP contribution in [0.3, 0.4) is 0 Å². The fourth-order valence-corrected chi connectivity index (χ4v) is 4.24. The van der Waals surface area contributed by atoms with Crippen molar-refractivity contribution in [3.8, 4) is 17.6 Å². The monoisotopic (exact) mass is 443 g/mol. The van der Waals surface area contributed by atoms with Crippen molar-refractivity contribution >= 4 is 29.5 Å². The zero-order valence-electron chi connectivity index (χ0n) is 16.6. The molecule has 0 amide bonds. The predicted octanol–water partition coefficient (Wildman–Crippen LogP) is 4.60. The molecule has 0 spiro atoms. The molecule has 1 saturated carbocycles. The molecule has 2 atom stereocenters. The lowest BCUT2D eigenvalue weighted by Crippen LogP contribution is -2.50. The van der Waals surface area contributed by atoms with E-state index in [0.717, 1.165) is 23.0 Å². The van der Waals surface area contributed by atoms with Crippen molar-refractivity contribution in [1.29, 1.82) is 0 Å². The standard InChI is InChI=1S/C21H27F2NO3S2/c1-3-4-19(21(22,23)27-17-7-9-18(28-2)10-8-17)24-13-16(20(25)26)14-29-12-11-15-5-6-15/h7-10,15-16,19,24H,5-6,11-14H2,1-2H3,(H,25,26). The first-order valence-electron chi connectivity index (χ1n) is 9.52. The molecule has 1 fully saturated rings. The number of halogens is 2. The molecule has 1 aromatic rings. The van der Waals surface area contributed by atoms with Gasteiger partial charge in [0.1, 0.15) is 5.75 Å². The molecule has 0 bridgehead atoms. The summed E-state index contributed by atoms with van der Waals surface area (Å²) in [6, 6.07) is 4.75. The van der Waals surface area contributed by atoms with Crippen molar-refractivity contribution in [2.24, 2.45) is 11.8 Å². The van der Waals surface area contributed by atoms with E-state index in [-0.39, 0.29) is 12.3 Å². The SMILES string of the molecule is CC#CC(NCC(CSCCC1CC1)C(=O)O)C(F)(F)Oc1ccc(SC)cc1. The Morgan fingerprint density at radius 1 is 1.38 bits per heavy atom. The summed E-state index contributed by atoms with van der Waals surface area (Å²) >= 11 is 3.06. The number of hydrogen-bond donors (Lipinski definition) is 2. The fourth-order valence-electron chi connectivity index (χ4n) is 2.62. The highest BCUT2D eigenvalue weighted by atomic mass is 32.2. The first-order chi connectivity index (χ1) is 13.9. The number of carboxylic acid groups (broad SMARTS) is 1. The minimum Gasteiger partial charge on any atom is -0.481 e. The third-order valence-electron chi connectivity index (χ3n) is 4.54. The molecule has 0 radical (unpaired) electrons. The molecule has 2 unspecified atom stereocenters. The van der Waals surface area contributed by atoms with Gasteiger partial charge in [0.25, 0.3) is 0 Å². The molecule has 0 heterocycles. The van der Waals surface area contributed by atoms with Gasteiger partial charge in [-0.3, -0.25) is 10.1 Å². The van der Waals surface area contributed by atoms with Gasteiger partial charge in [-0.05, 0) is 55.5 Å². The van der Waals surface area contributed by atoms with Gasteiger partial charge in [0.15, 0.2) is 6.04 Å². The van der Waals surface area contributed by atoms with Crippen LogP contribution in [-0.4, -0.2) is 47.5 Å². The highest BCUT2D eigenvalue weighted by molar-refractivity contribution is 7.99. The van der Waals surface area contributed by atoms with E-state index in [1.165, 1.54) is 43.7 Å². The quantitative estimate of drug-likeness (QED) is 0.264. The third-order valence-corrected chi connectivity index (χ3v) is 6.45. The summed E-state index contributed by atoms with van der Waals surface area (Å²) in [4.78, 5) is 12.4. The van der Waals surface area contributed by atoms with Gasteiger partial charge in [0.2, 0.25) is 0 Å². The van der Waals surface area contributed by atoms with E-state index in [9.17, 15) is 18.7 Å². The first-order valence-corrected chi connectivity index (χ1v) is 11.9. The van der Waals surface area contributed by atoms with Crippen LogP contribution in [0, 0.1) is 23.7 Å². The topological polar surface area (TPSA) is 58.6 Å². The number of thioether (sulfide) groups is 2. The van der Waals surface area contributed by atoms with Crippen LogP contribution >= 0.6 is 23.5 Å². The predicted molar refractivity (Wildman–Crippen MR) is 115 cm³/mol. The molecule has 2 N–H and O–H groups in total. The molecule has 8 heteroatoms. The average Bonchev–Trinajstić information content (AvgIpc) is 3.50. The van der Waals surface area contributed by atoms with Gasteiger partial charge >= 0.3 is 12.1 Å². The van der Waals surface area contributed by atoms with Crippen LogP contribution in [0.15, 0.2) is 29.2 Å². The van der Waals surface area contributed by atoms with E-state index in [0.29, 0.717) is 5.75 Å². The fraction of sp³-hybridized carbons (Fsp3) is 0.571. The number of alkyl halides is 2.